The Morgan fingerprint density at radius 3 is 2.81 bits per heavy atom. The molecule has 1 amide bonds. The molecule has 0 saturated carbocycles. The monoisotopic (exact) mass is 476 g/mol. The van der Waals surface area contributed by atoms with Crippen LogP contribution in [-0.2, 0) is 22.4 Å². The number of nitrogens with zero attached hydrogens (tertiary/aromatic N) is 2. The minimum absolute atomic E-state index is 0.123. The Kier molecular flexibility index (Phi) is 5.49. The van der Waals surface area contributed by atoms with Crippen LogP contribution in [0.5, 0.6) is 0 Å². The van der Waals surface area contributed by atoms with E-state index in [9.17, 15) is 9.59 Å². The van der Waals surface area contributed by atoms with Crippen molar-refractivity contribution in [2.75, 3.05) is 26.9 Å². The fraction of sp³-hybridized carbons (Fsp3) is 0.409. The van der Waals surface area contributed by atoms with Gasteiger partial charge in [-0.1, -0.05) is 23.2 Å². The lowest BCUT2D eigenvalue weighted by Gasteiger charge is -2.35. The minimum atomic E-state index is -0.314. The van der Waals surface area contributed by atoms with E-state index < -0.39 is 0 Å². The zero-order valence-electron chi connectivity index (χ0n) is 17.6. The van der Waals surface area contributed by atoms with Crippen molar-refractivity contribution in [2.45, 2.75) is 26.0 Å². The number of hydrogen-bond donors (Lipinski definition) is 2. The first-order valence-electron chi connectivity index (χ1n) is 10.4. The van der Waals surface area contributed by atoms with Crippen LogP contribution in [0.3, 0.4) is 0 Å². The van der Waals surface area contributed by atoms with E-state index >= 15 is 0 Å². The molecule has 3 aromatic rings. The number of H-pyrrole nitrogens is 2. The minimum Gasteiger partial charge on any atom is -0.380 e. The highest BCUT2D eigenvalue weighted by molar-refractivity contribution is 6.37. The molecular formula is C22H22Cl2N4O4. The molecule has 10 heteroatoms. The molecule has 0 radical (unpaired) electrons. The van der Waals surface area contributed by atoms with Crippen molar-refractivity contribution in [1.82, 2.24) is 19.9 Å². The summed E-state index contributed by atoms with van der Waals surface area (Å²) in [7, 11) is 1.61. The first-order valence-corrected chi connectivity index (χ1v) is 11.1. The standard InChI is InChI=1S/C22H22Cl2N4O4/c1-10-18-19(26-9-25-18)14(21(29)27-10)6-28-4-3-12-15(23)5-13(17(24)16(12)22(28)30)20(31-2)11-7-32-8-11/h5,9,11,20H,3-4,6-8H2,1-2H3,(H,25,26)(H,27,29). The zero-order chi connectivity index (χ0) is 22.6. The van der Waals surface area contributed by atoms with Crippen molar-refractivity contribution < 1.29 is 14.3 Å². The number of pyridine rings is 1. The van der Waals surface area contributed by atoms with Gasteiger partial charge in [0.25, 0.3) is 11.5 Å². The van der Waals surface area contributed by atoms with Crippen LogP contribution >= 0.6 is 23.2 Å². The molecule has 0 aliphatic carbocycles. The number of nitrogens with one attached hydrogen (secondary N) is 2. The van der Waals surface area contributed by atoms with Gasteiger partial charge in [-0.2, -0.15) is 0 Å². The number of hydrogen-bond acceptors (Lipinski definition) is 5. The number of benzene rings is 1. The van der Waals surface area contributed by atoms with Crippen molar-refractivity contribution >= 4 is 40.1 Å². The van der Waals surface area contributed by atoms with E-state index in [-0.39, 0.29) is 30.0 Å². The van der Waals surface area contributed by atoms with Gasteiger partial charge in [0.2, 0.25) is 0 Å². The quantitative estimate of drug-likeness (QED) is 0.587. The van der Waals surface area contributed by atoms with E-state index in [1.807, 2.05) is 0 Å². The molecule has 168 valence electrons. The topological polar surface area (TPSA) is 100 Å². The van der Waals surface area contributed by atoms with Crippen molar-refractivity contribution in [3.8, 4) is 0 Å². The lowest BCUT2D eigenvalue weighted by Crippen LogP contribution is -2.39. The fourth-order valence-corrected chi connectivity index (χ4v) is 5.24. The number of fused-ring (bicyclic) bond motifs is 2. The van der Waals surface area contributed by atoms with Gasteiger partial charge >= 0.3 is 0 Å². The summed E-state index contributed by atoms with van der Waals surface area (Å²) in [4.78, 5) is 38.0. The summed E-state index contributed by atoms with van der Waals surface area (Å²) in [5, 5.41) is 0.846. The van der Waals surface area contributed by atoms with Gasteiger partial charge in [0.15, 0.2) is 0 Å². The molecule has 0 spiro atoms. The number of aryl methyl sites for hydroxylation is 1. The van der Waals surface area contributed by atoms with Crippen molar-refractivity contribution in [3.63, 3.8) is 0 Å². The Morgan fingerprint density at radius 1 is 1.34 bits per heavy atom. The second kappa shape index (κ2) is 8.19. The Morgan fingerprint density at radius 2 is 2.12 bits per heavy atom. The molecule has 2 N–H and O–H groups in total. The van der Waals surface area contributed by atoms with Crippen molar-refractivity contribution in [2.24, 2.45) is 5.92 Å². The number of rotatable bonds is 5. The summed E-state index contributed by atoms with van der Waals surface area (Å²) >= 11 is 13.4. The maximum Gasteiger partial charge on any atom is 0.256 e. The molecule has 4 heterocycles. The molecule has 2 aliphatic rings. The second-order valence-corrected chi connectivity index (χ2v) is 9.01. The molecule has 8 nitrogen and oxygen atoms in total. The molecule has 1 fully saturated rings. The summed E-state index contributed by atoms with van der Waals surface area (Å²) in [5.74, 6) is -0.108. The normalized spacial score (nSPS) is 17.5. The highest BCUT2D eigenvalue weighted by Gasteiger charge is 2.36. The van der Waals surface area contributed by atoms with Crippen LogP contribution in [0.15, 0.2) is 17.2 Å². The van der Waals surface area contributed by atoms with E-state index in [1.54, 1.807) is 31.3 Å². The Labute approximate surface area is 193 Å². The van der Waals surface area contributed by atoms with Gasteiger partial charge < -0.3 is 24.3 Å². The number of methoxy groups -OCH3 is 1. The van der Waals surface area contributed by atoms with Crippen LogP contribution in [0.1, 0.15) is 38.8 Å². The van der Waals surface area contributed by atoms with Gasteiger partial charge in [-0.05, 0) is 25.0 Å². The Hall–Kier alpha value is -2.39. The summed E-state index contributed by atoms with van der Waals surface area (Å²) < 4.78 is 11.0. The predicted octanol–water partition coefficient (Wildman–Crippen LogP) is 3.40. The average molecular weight is 477 g/mol. The number of aromatic amines is 2. The van der Waals surface area contributed by atoms with E-state index in [0.717, 1.165) is 11.1 Å². The van der Waals surface area contributed by atoms with Crippen LogP contribution in [0.2, 0.25) is 10.0 Å². The zero-order valence-corrected chi connectivity index (χ0v) is 19.1. The van der Waals surface area contributed by atoms with Crippen LogP contribution in [-0.4, -0.2) is 52.6 Å². The van der Waals surface area contributed by atoms with Gasteiger partial charge in [-0.3, -0.25) is 9.59 Å². The van der Waals surface area contributed by atoms with Crippen LogP contribution in [0, 0.1) is 12.8 Å². The van der Waals surface area contributed by atoms with E-state index in [2.05, 4.69) is 15.0 Å². The molecule has 0 bridgehead atoms. The van der Waals surface area contributed by atoms with E-state index in [0.29, 0.717) is 64.1 Å². The number of carbonyl (C=O) groups excluding carboxylic acids is 1. The number of ether oxygens (including phenoxy) is 2. The molecule has 2 aliphatic heterocycles. The summed E-state index contributed by atoms with van der Waals surface area (Å²) in [6.45, 7) is 3.48. The van der Waals surface area contributed by atoms with Crippen LogP contribution in [0.4, 0.5) is 0 Å². The molecule has 32 heavy (non-hydrogen) atoms. The molecule has 5 rings (SSSR count). The Bertz CT molecular complexity index is 1280. The molecule has 1 aromatic carbocycles. The number of carbonyl (C=O) groups is 1. The van der Waals surface area contributed by atoms with Gasteiger partial charge in [-0.25, -0.2) is 4.98 Å². The smallest absolute Gasteiger partial charge is 0.256 e. The van der Waals surface area contributed by atoms with Crippen LogP contribution < -0.4 is 5.56 Å². The third kappa shape index (κ3) is 3.33. The molecule has 1 unspecified atom stereocenters. The highest BCUT2D eigenvalue weighted by Crippen LogP contribution is 2.42. The summed E-state index contributed by atoms with van der Waals surface area (Å²) in [6, 6.07) is 1.80. The van der Waals surface area contributed by atoms with E-state index in [4.69, 9.17) is 32.7 Å². The number of imidazole rings is 1. The number of halogens is 2. The fourth-order valence-electron chi connectivity index (χ4n) is 4.58. The maximum atomic E-state index is 13.5. The first-order chi connectivity index (χ1) is 15.4. The second-order valence-electron chi connectivity index (χ2n) is 8.23. The summed E-state index contributed by atoms with van der Waals surface area (Å²) in [5.41, 5.74) is 3.97. The largest absolute Gasteiger partial charge is 0.380 e. The van der Waals surface area contributed by atoms with Crippen LogP contribution in [0.25, 0.3) is 11.0 Å². The van der Waals surface area contributed by atoms with Crippen molar-refractivity contribution in [3.05, 3.63) is 60.7 Å². The average Bonchev–Trinajstić information content (AvgIpc) is 3.22. The lowest BCUT2D eigenvalue weighted by atomic mass is 9.89. The molecular weight excluding hydrogens is 455 g/mol. The summed E-state index contributed by atoms with van der Waals surface area (Å²) in [6.07, 6.45) is 1.77. The number of amides is 1. The highest BCUT2D eigenvalue weighted by atomic mass is 35.5. The molecule has 2 aromatic heterocycles. The number of aromatic nitrogens is 3. The lowest BCUT2D eigenvalue weighted by molar-refractivity contribution is -0.105. The van der Waals surface area contributed by atoms with Gasteiger partial charge in [0.05, 0.1) is 53.9 Å². The van der Waals surface area contributed by atoms with Gasteiger partial charge in [-0.15, -0.1) is 0 Å². The third-order valence-electron chi connectivity index (χ3n) is 6.35. The predicted molar refractivity (Wildman–Crippen MR) is 120 cm³/mol. The molecule has 1 atom stereocenters. The van der Waals surface area contributed by atoms with Crippen molar-refractivity contribution in [1.29, 1.82) is 0 Å². The molecule has 1 saturated heterocycles. The van der Waals surface area contributed by atoms with Gasteiger partial charge in [0.1, 0.15) is 5.52 Å². The first kappa shape index (κ1) is 21.5. The van der Waals surface area contributed by atoms with E-state index in [1.165, 1.54) is 0 Å². The Balaban J connectivity index is 1.54. The SMILES string of the molecule is COC(c1cc(Cl)c2c(c1Cl)C(=O)N(Cc1c(=O)[nH]c(C)c3[nH]cnc13)CC2)C1COC1. The van der Waals surface area contributed by atoms with Gasteiger partial charge in [0, 0.05) is 35.9 Å². The third-order valence-corrected chi connectivity index (χ3v) is 7.10. The maximum absolute atomic E-state index is 13.5.